The van der Waals surface area contributed by atoms with E-state index in [2.05, 4.69) is 55.6 Å². The fourth-order valence-corrected chi connectivity index (χ4v) is 13.4. The highest BCUT2D eigenvalue weighted by Crippen LogP contribution is 2.43. The van der Waals surface area contributed by atoms with Gasteiger partial charge in [-0.1, -0.05) is 403 Å². The first-order chi connectivity index (χ1) is 44.0. The molecule has 9 heteroatoms. The smallest absolute Gasteiger partial charge is 0.391 e. The van der Waals surface area contributed by atoms with E-state index in [1.165, 1.54) is 347 Å². The van der Waals surface area contributed by atoms with Crippen LogP contribution in [-0.2, 0) is 18.4 Å². The number of aliphatic hydroxyl groups excluding tert-OH is 1. The lowest BCUT2D eigenvalue weighted by atomic mass is 10.0. The second-order valence-corrected chi connectivity index (χ2v) is 30.6. The van der Waals surface area contributed by atoms with Crippen molar-refractivity contribution in [3.8, 4) is 0 Å². The van der Waals surface area contributed by atoms with Gasteiger partial charge in [0.15, 0.2) is 0 Å². The zero-order valence-corrected chi connectivity index (χ0v) is 62.3. The molecule has 0 aliphatic heterocycles. The van der Waals surface area contributed by atoms with Crippen LogP contribution >= 0.6 is 7.82 Å². The van der Waals surface area contributed by atoms with Crippen LogP contribution < -0.4 is 5.32 Å². The SMILES string of the molecule is CCCCCCC/C=C\C/C=C\C/C=C\CCCCCCCCCCCCCCCCCCCCCCCCCCCCC(=O)NC(COP(=O)(O)OCC[N+](C)(C)C)C(O)CCCCCCCCCCCCCCCCCCCCCCCCCCCCC. The number of nitrogens with zero attached hydrogens (tertiary/aromatic N) is 1. The van der Waals surface area contributed by atoms with Crippen LogP contribution in [0.5, 0.6) is 0 Å². The van der Waals surface area contributed by atoms with Crippen LogP contribution in [0, 0.1) is 0 Å². The normalized spacial score (nSPS) is 13.6. The van der Waals surface area contributed by atoms with Crippen LogP contribution in [0.1, 0.15) is 425 Å². The van der Waals surface area contributed by atoms with Crippen molar-refractivity contribution in [1.82, 2.24) is 5.32 Å². The largest absolute Gasteiger partial charge is 0.472 e. The molecular formula is C81H160N2O6P+. The van der Waals surface area contributed by atoms with Gasteiger partial charge in [-0.15, -0.1) is 0 Å². The maximum Gasteiger partial charge on any atom is 0.472 e. The van der Waals surface area contributed by atoms with Crippen LogP contribution in [-0.4, -0.2) is 73.4 Å². The Hall–Kier alpha value is -1.28. The second-order valence-electron chi connectivity index (χ2n) is 29.2. The number of hydrogen-bond donors (Lipinski definition) is 3. The van der Waals surface area contributed by atoms with Gasteiger partial charge in [-0.3, -0.25) is 13.8 Å². The first-order valence-electron chi connectivity index (χ1n) is 40.4. The fourth-order valence-electron chi connectivity index (χ4n) is 12.7. The molecular weight excluding hydrogens is 1130 g/mol. The van der Waals surface area contributed by atoms with Crippen LogP contribution in [0.3, 0.4) is 0 Å². The standard InChI is InChI=1S/C81H159N2O6P/c1-6-8-10-12-14-16-18-20-22-24-26-28-30-32-34-35-36-37-38-39-40-41-42-43-44-45-46-47-49-51-53-55-57-59-61-63-65-67-69-71-73-75-81(85)82-79(78-89-90(86,87)88-77-76-83(3,4)5)80(84)74-72-70-68-66-64-62-60-58-56-54-52-50-48-33-31-29-27-25-23-21-19-17-15-13-11-9-7-2/h18,20,24,26,30,32,79-80,84H,6-17,19,21-23,25,27-29,31,33-78H2,1-5H3,(H-,82,85,86,87)/p+1/b20-18-,26-24-,32-30-. The van der Waals surface area contributed by atoms with E-state index in [0.717, 1.165) is 51.4 Å². The van der Waals surface area contributed by atoms with E-state index < -0.39 is 20.0 Å². The molecule has 8 nitrogen and oxygen atoms in total. The summed E-state index contributed by atoms with van der Waals surface area (Å²) in [5.41, 5.74) is 0. The van der Waals surface area contributed by atoms with Gasteiger partial charge in [0.2, 0.25) is 5.91 Å². The van der Waals surface area contributed by atoms with Gasteiger partial charge in [-0.05, 0) is 51.4 Å². The van der Waals surface area contributed by atoms with Crippen molar-refractivity contribution in [3.05, 3.63) is 36.5 Å². The lowest BCUT2D eigenvalue weighted by Crippen LogP contribution is -2.46. The number of allylic oxidation sites excluding steroid dienone is 6. The van der Waals surface area contributed by atoms with E-state index in [1.54, 1.807) is 0 Å². The zero-order chi connectivity index (χ0) is 65.5. The van der Waals surface area contributed by atoms with Gasteiger partial charge in [-0.2, -0.15) is 0 Å². The monoisotopic (exact) mass is 1290 g/mol. The van der Waals surface area contributed by atoms with Gasteiger partial charge in [0.1, 0.15) is 13.2 Å². The number of phosphoric ester groups is 1. The number of likely N-dealkylation sites (N-methyl/N-ethyl adjacent to an activating group) is 1. The van der Waals surface area contributed by atoms with Crippen molar-refractivity contribution >= 4 is 13.7 Å². The van der Waals surface area contributed by atoms with E-state index in [1.807, 2.05) is 21.1 Å². The van der Waals surface area contributed by atoms with Crippen molar-refractivity contribution in [3.63, 3.8) is 0 Å². The van der Waals surface area contributed by atoms with Gasteiger partial charge in [0.25, 0.3) is 0 Å². The Kier molecular flexibility index (Phi) is 71.0. The summed E-state index contributed by atoms with van der Waals surface area (Å²) in [4.78, 5) is 23.5. The zero-order valence-electron chi connectivity index (χ0n) is 61.4. The number of nitrogens with one attached hydrogen (secondary N) is 1. The summed E-state index contributed by atoms with van der Waals surface area (Å²) in [6.45, 7) is 4.95. The quantitative estimate of drug-likeness (QED) is 0.0243. The van der Waals surface area contributed by atoms with Crippen LogP contribution in [0.4, 0.5) is 0 Å². The first kappa shape index (κ1) is 88.7. The Morgan fingerprint density at radius 2 is 0.633 bits per heavy atom. The van der Waals surface area contributed by atoms with Crippen LogP contribution in [0.15, 0.2) is 36.5 Å². The van der Waals surface area contributed by atoms with Crippen molar-refractivity contribution in [2.45, 2.75) is 437 Å². The van der Waals surface area contributed by atoms with Crippen LogP contribution in [0.2, 0.25) is 0 Å². The average molecular weight is 1290 g/mol. The Morgan fingerprint density at radius 3 is 0.922 bits per heavy atom. The molecule has 0 aliphatic rings. The van der Waals surface area contributed by atoms with E-state index in [-0.39, 0.29) is 19.1 Å². The molecule has 0 radical (unpaired) electrons. The summed E-state index contributed by atoms with van der Waals surface area (Å²) in [6, 6.07) is -0.760. The maximum absolute atomic E-state index is 13.1. The summed E-state index contributed by atoms with van der Waals surface area (Å²) in [7, 11) is 1.64. The molecule has 3 unspecified atom stereocenters. The number of amides is 1. The number of carbonyl (C=O) groups is 1. The summed E-state index contributed by atoms with van der Waals surface area (Å²) in [6.07, 6.45) is 97.3. The summed E-state index contributed by atoms with van der Waals surface area (Å²) in [5, 5.41) is 14.2. The van der Waals surface area contributed by atoms with Crippen molar-refractivity contribution in [1.29, 1.82) is 0 Å². The number of phosphoric acid groups is 1. The maximum atomic E-state index is 13.1. The van der Waals surface area contributed by atoms with Gasteiger partial charge < -0.3 is 19.8 Å². The molecule has 0 bridgehead atoms. The highest BCUT2D eigenvalue weighted by atomic mass is 31.2. The average Bonchev–Trinajstić information content (AvgIpc) is 3.09. The minimum Gasteiger partial charge on any atom is -0.391 e. The molecule has 534 valence electrons. The minimum absolute atomic E-state index is 0.0778. The van der Waals surface area contributed by atoms with Crippen molar-refractivity contribution < 1.29 is 32.9 Å². The van der Waals surface area contributed by atoms with E-state index >= 15 is 0 Å². The van der Waals surface area contributed by atoms with Crippen molar-refractivity contribution in [2.24, 2.45) is 0 Å². The summed E-state index contributed by atoms with van der Waals surface area (Å²) < 4.78 is 24.0. The Labute approximate surface area is 563 Å². The minimum atomic E-state index is -4.33. The molecule has 0 aliphatic carbocycles. The molecule has 0 heterocycles. The van der Waals surface area contributed by atoms with Gasteiger partial charge in [-0.25, -0.2) is 4.57 Å². The van der Waals surface area contributed by atoms with Crippen LogP contribution in [0.25, 0.3) is 0 Å². The number of hydrogen-bond acceptors (Lipinski definition) is 5. The molecule has 0 fully saturated rings. The van der Waals surface area contributed by atoms with Gasteiger partial charge in [0, 0.05) is 6.42 Å². The lowest BCUT2D eigenvalue weighted by molar-refractivity contribution is -0.870. The number of quaternary nitrogens is 1. The lowest BCUT2D eigenvalue weighted by Gasteiger charge is -2.26. The second kappa shape index (κ2) is 72.0. The first-order valence-corrected chi connectivity index (χ1v) is 41.8. The third-order valence-corrected chi connectivity index (χ3v) is 19.9. The van der Waals surface area contributed by atoms with Gasteiger partial charge in [0.05, 0.1) is 39.9 Å². The highest BCUT2D eigenvalue weighted by molar-refractivity contribution is 7.47. The number of carbonyl (C=O) groups excluding carboxylic acids is 1. The van der Waals surface area contributed by atoms with E-state index in [0.29, 0.717) is 23.9 Å². The molecule has 0 spiro atoms. The molecule has 0 aromatic carbocycles. The predicted molar refractivity (Wildman–Crippen MR) is 397 cm³/mol. The highest BCUT2D eigenvalue weighted by Gasteiger charge is 2.28. The molecule has 0 aromatic heterocycles. The molecule has 3 N–H and O–H groups in total. The summed E-state index contributed by atoms with van der Waals surface area (Å²) in [5.74, 6) is -0.134. The van der Waals surface area contributed by atoms with E-state index in [4.69, 9.17) is 9.05 Å². The predicted octanol–water partition coefficient (Wildman–Crippen LogP) is 26.3. The molecule has 0 saturated carbocycles. The third kappa shape index (κ3) is 74.1. The van der Waals surface area contributed by atoms with Gasteiger partial charge >= 0.3 is 7.82 Å². The molecule has 1 amide bonds. The number of unbranched alkanes of at least 4 members (excludes halogenated alkanes) is 57. The molecule has 0 rings (SSSR count). The number of aliphatic hydroxyl groups is 1. The molecule has 0 saturated heterocycles. The molecule has 3 atom stereocenters. The fraction of sp³-hybridized carbons (Fsp3) is 0.914. The Balaban J connectivity index is 3.88. The topological polar surface area (TPSA) is 105 Å². The molecule has 0 aromatic rings. The Bertz CT molecular complexity index is 1560. The molecule has 90 heavy (non-hydrogen) atoms. The number of rotatable bonds is 76. The Morgan fingerprint density at radius 1 is 0.378 bits per heavy atom. The third-order valence-electron chi connectivity index (χ3n) is 18.9. The summed E-state index contributed by atoms with van der Waals surface area (Å²) >= 11 is 0. The van der Waals surface area contributed by atoms with Crippen molar-refractivity contribution in [2.75, 3.05) is 40.9 Å². The van der Waals surface area contributed by atoms with E-state index in [9.17, 15) is 19.4 Å².